The van der Waals surface area contributed by atoms with Crippen LogP contribution in [0.4, 0.5) is 0 Å². The monoisotopic (exact) mass is 520 g/mol. The van der Waals surface area contributed by atoms with Crippen molar-refractivity contribution < 1.29 is 0 Å². The minimum Gasteiger partial charge on any atom is -0.0654 e. The Balaban J connectivity index is 1.36. The molecule has 1 fully saturated rings. The zero-order valence-electron chi connectivity index (χ0n) is 23.7. The lowest BCUT2D eigenvalue weighted by Crippen LogP contribution is -2.13. The first-order valence-electron chi connectivity index (χ1n) is 15.2. The summed E-state index contributed by atoms with van der Waals surface area (Å²) in [6, 6.07) is 49.4. The van der Waals surface area contributed by atoms with E-state index in [-0.39, 0.29) is 5.92 Å². The van der Waals surface area contributed by atoms with Gasteiger partial charge in [0.05, 0.1) is 0 Å². The molecule has 1 aliphatic carbocycles. The molecule has 0 saturated heterocycles. The molecule has 0 unspecified atom stereocenters. The average molecular weight is 521 g/mol. The number of hydrogen-bond donors (Lipinski definition) is 0. The molecule has 0 aliphatic heterocycles. The molecule has 0 aromatic heterocycles. The third kappa shape index (κ3) is 5.97. The normalized spacial score (nSPS) is 17.1. The molecule has 0 heteroatoms. The first kappa shape index (κ1) is 26.3. The summed E-state index contributed by atoms with van der Waals surface area (Å²) in [5, 5.41) is 0. The second-order valence-corrected chi connectivity index (χ2v) is 11.6. The first-order valence-corrected chi connectivity index (χ1v) is 15.2. The zero-order valence-corrected chi connectivity index (χ0v) is 23.7. The summed E-state index contributed by atoms with van der Waals surface area (Å²) in [5.41, 5.74) is 10.6. The first-order chi connectivity index (χ1) is 19.8. The van der Waals surface area contributed by atoms with Crippen LogP contribution in [-0.4, -0.2) is 0 Å². The molecule has 6 rings (SSSR count). The van der Waals surface area contributed by atoms with Gasteiger partial charge in [0.15, 0.2) is 0 Å². The largest absolute Gasteiger partial charge is 0.0654 e. The summed E-state index contributed by atoms with van der Waals surface area (Å²) in [6.45, 7) is 2.33. The molecule has 1 saturated carbocycles. The maximum atomic E-state index is 2.43. The Morgan fingerprint density at radius 3 is 1.50 bits per heavy atom. The average Bonchev–Trinajstić information content (AvgIpc) is 3.03. The highest BCUT2D eigenvalue weighted by molar-refractivity contribution is 5.67. The van der Waals surface area contributed by atoms with Gasteiger partial charge >= 0.3 is 0 Å². The van der Waals surface area contributed by atoms with Crippen LogP contribution in [0.5, 0.6) is 0 Å². The molecule has 5 aromatic carbocycles. The van der Waals surface area contributed by atoms with Crippen LogP contribution in [0.15, 0.2) is 133 Å². The summed E-state index contributed by atoms with van der Waals surface area (Å²) in [5.74, 6) is 1.82. The van der Waals surface area contributed by atoms with E-state index in [0.29, 0.717) is 5.92 Å². The fourth-order valence-electron chi connectivity index (χ4n) is 6.79. The van der Waals surface area contributed by atoms with Crippen LogP contribution >= 0.6 is 0 Å². The predicted molar refractivity (Wildman–Crippen MR) is 171 cm³/mol. The van der Waals surface area contributed by atoms with Crippen LogP contribution in [0.3, 0.4) is 0 Å². The zero-order chi connectivity index (χ0) is 27.1. The minimum absolute atomic E-state index is 0.168. The van der Waals surface area contributed by atoms with Gasteiger partial charge in [0.1, 0.15) is 0 Å². The van der Waals surface area contributed by atoms with Crippen molar-refractivity contribution in [3.8, 4) is 22.3 Å². The number of rotatable bonds is 8. The van der Waals surface area contributed by atoms with E-state index >= 15 is 0 Å². The third-order valence-corrected chi connectivity index (χ3v) is 8.94. The van der Waals surface area contributed by atoms with E-state index < -0.39 is 0 Å². The molecule has 0 radical (unpaired) electrons. The molecule has 0 N–H and O–H groups in total. The molecule has 0 nitrogen and oxygen atoms in total. The second-order valence-electron chi connectivity index (χ2n) is 11.6. The van der Waals surface area contributed by atoms with Crippen molar-refractivity contribution in [3.63, 3.8) is 0 Å². The van der Waals surface area contributed by atoms with E-state index in [1.807, 2.05) is 0 Å². The van der Waals surface area contributed by atoms with Crippen LogP contribution in [-0.2, 0) is 0 Å². The summed E-state index contributed by atoms with van der Waals surface area (Å²) in [7, 11) is 0. The van der Waals surface area contributed by atoms with E-state index in [1.165, 1.54) is 83.0 Å². The molecule has 0 atom stereocenters. The third-order valence-electron chi connectivity index (χ3n) is 8.94. The fraction of sp³-hybridized carbons (Fsp3) is 0.250. The van der Waals surface area contributed by atoms with E-state index in [2.05, 4.69) is 140 Å². The van der Waals surface area contributed by atoms with Gasteiger partial charge in [-0.25, -0.2) is 0 Å². The molecular formula is C40H40. The Labute approximate surface area is 240 Å². The van der Waals surface area contributed by atoms with E-state index in [4.69, 9.17) is 0 Å². The van der Waals surface area contributed by atoms with Gasteiger partial charge in [-0.15, -0.1) is 0 Å². The highest BCUT2D eigenvalue weighted by atomic mass is 14.3. The molecule has 0 spiro atoms. The predicted octanol–water partition coefficient (Wildman–Crippen LogP) is 11.3. The van der Waals surface area contributed by atoms with Crippen LogP contribution in [0.1, 0.15) is 79.5 Å². The summed E-state index contributed by atoms with van der Waals surface area (Å²) in [4.78, 5) is 0. The molecule has 0 bridgehead atoms. The molecule has 0 heterocycles. The van der Waals surface area contributed by atoms with Crippen molar-refractivity contribution in [1.29, 1.82) is 0 Å². The van der Waals surface area contributed by atoms with Gasteiger partial charge < -0.3 is 0 Å². The lowest BCUT2D eigenvalue weighted by atomic mass is 9.76. The number of benzene rings is 5. The van der Waals surface area contributed by atoms with Gasteiger partial charge in [-0.2, -0.15) is 0 Å². The van der Waals surface area contributed by atoms with Crippen molar-refractivity contribution >= 4 is 0 Å². The second kappa shape index (κ2) is 12.5. The van der Waals surface area contributed by atoms with Crippen molar-refractivity contribution in [3.05, 3.63) is 156 Å². The Kier molecular flexibility index (Phi) is 8.24. The topological polar surface area (TPSA) is 0 Å². The van der Waals surface area contributed by atoms with Gasteiger partial charge in [0.25, 0.3) is 0 Å². The Morgan fingerprint density at radius 1 is 0.500 bits per heavy atom. The smallest absolute Gasteiger partial charge is 0.0340 e. The van der Waals surface area contributed by atoms with E-state index in [9.17, 15) is 0 Å². The van der Waals surface area contributed by atoms with E-state index in [0.717, 1.165) is 5.92 Å². The van der Waals surface area contributed by atoms with E-state index in [1.54, 1.807) is 0 Å². The van der Waals surface area contributed by atoms with Crippen molar-refractivity contribution in [1.82, 2.24) is 0 Å². The van der Waals surface area contributed by atoms with Crippen molar-refractivity contribution in [2.24, 2.45) is 5.92 Å². The highest BCUT2D eigenvalue weighted by Crippen LogP contribution is 2.40. The SMILES string of the molecule is CCCC1CCC(c2ccc(C(c3cccc(-c4ccccc4)c3)c3cccc(-c4ccccc4)c3)cc2)CC1. The summed E-state index contributed by atoms with van der Waals surface area (Å²) < 4.78 is 0. The van der Waals surface area contributed by atoms with Crippen LogP contribution in [0.2, 0.25) is 0 Å². The van der Waals surface area contributed by atoms with Gasteiger partial charge in [-0.3, -0.25) is 0 Å². The summed E-state index contributed by atoms with van der Waals surface area (Å²) >= 11 is 0. The molecule has 0 amide bonds. The van der Waals surface area contributed by atoms with Crippen LogP contribution in [0, 0.1) is 5.92 Å². The Bertz CT molecular complexity index is 1410. The lowest BCUT2D eigenvalue weighted by molar-refractivity contribution is 0.308. The molecule has 5 aromatic rings. The Hall–Kier alpha value is -3.90. The standard InChI is InChI=1S/C40H40/c1-2-11-30-20-22-33(23-21-30)34-24-26-35(27-25-34)40(38-18-9-16-36(28-38)31-12-5-3-6-13-31)39-19-10-17-37(29-39)32-14-7-4-8-15-32/h3-10,12-19,24-30,33,40H,2,11,20-23H2,1H3. The fourth-order valence-corrected chi connectivity index (χ4v) is 6.79. The van der Waals surface area contributed by atoms with Gasteiger partial charge in [-0.05, 0) is 82.0 Å². The minimum atomic E-state index is 0.168. The van der Waals surface area contributed by atoms with Crippen LogP contribution < -0.4 is 0 Å². The van der Waals surface area contributed by atoms with Crippen LogP contribution in [0.25, 0.3) is 22.3 Å². The van der Waals surface area contributed by atoms with Gasteiger partial charge in [-0.1, -0.05) is 153 Å². The number of hydrogen-bond acceptors (Lipinski definition) is 0. The lowest BCUT2D eigenvalue weighted by Gasteiger charge is -2.29. The van der Waals surface area contributed by atoms with Crippen molar-refractivity contribution in [2.45, 2.75) is 57.3 Å². The molecule has 200 valence electrons. The molecule has 40 heavy (non-hydrogen) atoms. The highest BCUT2D eigenvalue weighted by Gasteiger charge is 2.23. The van der Waals surface area contributed by atoms with Gasteiger partial charge in [0.2, 0.25) is 0 Å². The maximum Gasteiger partial charge on any atom is 0.0340 e. The van der Waals surface area contributed by atoms with Gasteiger partial charge in [0, 0.05) is 5.92 Å². The molecular weight excluding hydrogens is 480 g/mol. The maximum absolute atomic E-state index is 2.43. The summed E-state index contributed by atoms with van der Waals surface area (Å²) in [6.07, 6.45) is 8.18. The van der Waals surface area contributed by atoms with Crippen molar-refractivity contribution in [2.75, 3.05) is 0 Å². The molecule has 1 aliphatic rings. The Morgan fingerprint density at radius 2 is 1.00 bits per heavy atom. The quantitative estimate of drug-likeness (QED) is 0.178.